The molecule has 12 heteroatoms. The number of ether oxygens (including phenoxy) is 3. The molecular weight excluding hydrogens is 406 g/mol. The molecule has 0 atom stereocenters. The predicted molar refractivity (Wildman–Crippen MR) is 113 cm³/mol. The van der Waals surface area contributed by atoms with Crippen LogP contribution in [0.3, 0.4) is 0 Å². The van der Waals surface area contributed by atoms with Crippen LogP contribution in [0.5, 0.6) is 5.75 Å². The Balaban J connectivity index is 2.21. The third-order valence-electron chi connectivity index (χ3n) is 3.79. The highest BCUT2D eigenvalue weighted by molar-refractivity contribution is 5.97. The SMILES string of the molecule is C=C(N)Nc1ncc(CNc2ccc(C(=O)OC)c(OCC(=O)OC)c2)nc1C(=N)N. The van der Waals surface area contributed by atoms with Crippen molar-refractivity contribution in [2.45, 2.75) is 6.54 Å². The van der Waals surface area contributed by atoms with E-state index in [1.807, 2.05) is 0 Å². The smallest absolute Gasteiger partial charge is 0.343 e. The number of hydrogen-bond donors (Lipinski definition) is 5. The third kappa shape index (κ3) is 6.32. The largest absolute Gasteiger partial charge is 0.481 e. The second-order valence-electron chi connectivity index (χ2n) is 6.04. The van der Waals surface area contributed by atoms with Gasteiger partial charge in [-0.15, -0.1) is 0 Å². The van der Waals surface area contributed by atoms with Crippen LogP contribution in [0.4, 0.5) is 11.5 Å². The van der Waals surface area contributed by atoms with Crippen LogP contribution in [0, 0.1) is 5.41 Å². The van der Waals surface area contributed by atoms with Crippen LogP contribution in [0.2, 0.25) is 0 Å². The molecule has 0 aliphatic rings. The molecule has 0 saturated carbocycles. The summed E-state index contributed by atoms with van der Waals surface area (Å²) in [6, 6.07) is 4.65. The molecule has 12 nitrogen and oxygen atoms in total. The summed E-state index contributed by atoms with van der Waals surface area (Å²) < 4.78 is 14.7. The minimum absolute atomic E-state index is 0.119. The van der Waals surface area contributed by atoms with Gasteiger partial charge in [-0.1, -0.05) is 6.58 Å². The second-order valence-corrected chi connectivity index (χ2v) is 6.04. The van der Waals surface area contributed by atoms with E-state index in [2.05, 4.69) is 31.9 Å². The summed E-state index contributed by atoms with van der Waals surface area (Å²) in [6.45, 7) is 3.35. The highest BCUT2D eigenvalue weighted by Crippen LogP contribution is 2.25. The number of anilines is 2. The lowest BCUT2D eigenvalue weighted by molar-refractivity contribution is -0.142. The van der Waals surface area contributed by atoms with Gasteiger partial charge in [0.2, 0.25) is 0 Å². The average molecular weight is 429 g/mol. The van der Waals surface area contributed by atoms with E-state index in [-0.39, 0.29) is 47.6 Å². The fourth-order valence-corrected chi connectivity index (χ4v) is 2.36. The highest BCUT2D eigenvalue weighted by Gasteiger charge is 2.16. The number of carbonyl (C=O) groups excluding carboxylic acids is 2. The normalized spacial score (nSPS) is 10.0. The molecule has 0 bridgehead atoms. The molecule has 164 valence electrons. The third-order valence-corrected chi connectivity index (χ3v) is 3.79. The van der Waals surface area contributed by atoms with Crippen molar-refractivity contribution in [2.24, 2.45) is 11.5 Å². The topological polar surface area (TPSA) is 188 Å². The van der Waals surface area contributed by atoms with E-state index in [4.69, 9.17) is 26.4 Å². The zero-order valence-corrected chi connectivity index (χ0v) is 17.0. The molecule has 0 aliphatic carbocycles. The molecule has 1 aromatic carbocycles. The van der Waals surface area contributed by atoms with Crippen molar-refractivity contribution in [3.63, 3.8) is 0 Å². The van der Waals surface area contributed by atoms with E-state index < -0.39 is 11.9 Å². The van der Waals surface area contributed by atoms with E-state index >= 15 is 0 Å². The predicted octanol–water partition coefficient (Wildman–Crippen LogP) is 0.553. The number of hydrogen-bond acceptors (Lipinski definition) is 11. The standard InChI is InChI=1S/C19H23N7O5/c1-10(20)25-18-16(17(21)22)26-12(8-24-18)7-23-11-4-5-13(19(28)30-3)14(6-11)31-9-15(27)29-2/h4-6,8,23H,1,7,9,20H2,2-3H3,(H3,21,22)(H,24,25). The summed E-state index contributed by atoms with van der Waals surface area (Å²) in [5, 5.41) is 13.4. The summed E-state index contributed by atoms with van der Waals surface area (Å²) in [6.07, 6.45) is 1.47. The Bertz CT molecular complexity index is 1010. The lowest BCUT2D eigenvalue weighted by Crippen LogP contribution is -2.20. The Labute approximate surface area is 178 Å². The maximum absolute atomic E-state index is 11.9. The first-order valence-electron chi connectivity index (χ1n) is 8.82. The summed E-state index contributed by atoms with van der Waals surface area (Å²) >= 11 is 0. The fraction of sp³-hybridized carbons (Fsp3) is 0.211. The molecule has 0 unspecified atom stereocenters. The minimum atomic E-state index is -0.618. The Morgan fingerprint density at radius 1 is 1.23 bits per heavy atom. The molecule has 0 fully saturated rings. The van der Waals surface area contributed by atoms with Crippen molar-refractivity contribution < 1.29 is 23.8 Å². The van der Waals surface area contributed by atoms with E-state index in [9.17, 15) is 9.59 Å². The first-order chi connectivity index (χ1) is 14.7. The van der Waals surface area contributed by atoms with Crippen molar-refractivity contribution in [1.82, 2.24) is 9.97 Å². The fourth-order valence-electron chi connectivity index (χ4n) is 2.36. The zero-order chi connectivity index (χ0) is 23.0. The molecule has 2 aromatic rings. The van der Waals surface area contributed by atoms with Crippen molar-refractivity contribution in [3.05, 3.63) is 53.7 Å². The Morgan fingerprint density at radius 2 is 1.97 bits per heavy atom. The van der Waals surface area contributed by atoms with Gasteiger partial charge in [0.15, 0.2) is 12.4 Å². The van der Waals surface area contributed by atoms with Crippen LogP contribution in [0.15, 0.2) is 36.8 Å². The number of nitrogens with two attached hydrogens (primary N) is 2. The molecular formula is C19H23N7O5. The zero-order valence-electron chi connectivity index (χ0n) is 17.0. The quantitative estimate of drug-likeness (QED) is 0.201. The summed E-state index contributed by atoms with van der Waals surface area (Å²) in [4.78, 5) is 31.8. The van der Waals surface area contributed by atoms with Crippen LogP contribution in [0.25, 0.3) is 0 Å². The van der Waals surface area contributed by atoms with Gasteiger partial charge in [-0.25, -0.2) is 19.6 Å². The Morgan fingerprint density at radius 3 is 2.58 bits per heavy atom. The minimum Gasteiger partial charge on any atom is -0.481 e. The van der Waals surface area contributed by atoms with E-state index in [1.165, 1.54) is 32.5 Å². The van der Waals surface area contributed by atoms with Crippen molar-refractivity contribution in [3.8, 4) is 5.75 Å². The summed E-state index contributed by atoms with van der Waals surface area (Å²) in [7, 11) is 2.47. The van der Waals surface area contributed by atoms with Gasteiger partial charge in [0, 0.05) is 11.8 Å². The number of rotatable bonds is 10. The lowest BCUT2D eigenvalue weighted by Gasteiger charge is -2.13. The van der Waals surface area contributed by atoms with Crippen molar-refractivity contribution >= 4 is 29.3 Å². The van der Waals surface area contributed by atoms with Gasteiger partial charge >= 0.3 is 11.9 Å². The number of nitrogens with zero attached hydrogens (tertiary/aromatic N) is 2. The molecule has 0 spiro atoms. The number of methoxy groups -OCH3 is 2. The van der Waals surface area contributed by atoms with Gasteiger partial charge in [0.25, 0.3) is 0 Å². The van der Waals surface area contributed by atoms with Crippen LogP contribution >= 0.6 is 0 Å². The molecule has 1 heterocycles. The van der Waals surface area contributed by atoms with Crippen LogP contribution in [0.1, 0.15) is 21.7 Å². The van der Waals surface area contributed by atoms with Crippen molar-refractivity contribution in [1.29, 1.82) is 5.41 Å². The number of nitrogens with one attached hydrogen (secondary N) is 3. The van der Waals surface area contributed by atoms with E-state index in [1.54, 1.807) is 6.07 Å². The first-order valence-corrected chi connectivity index (χ1v) is 8.82. The van der Waals surface area contributed by atoms with Gasteiger partial charge in [-0.05, 0) is 12.1 Å². The number of nitrogen functional groups attached to an aromatic ring is 1. The first kappa shape index (κ1) is 22.9. The van der Waals surface area contributed by atoms with Gasteiger partial charge in [0.05, 0.1) is 38.5 Å². The molecule has 7 N–H and O–H groups in total. The molecule has 0 radical (unpaired) electrons. The number of amidine groups is 1. The van der Waals surface area contributed by atoms with Crippen molar-refractivity contribution in [2.75, 3.05) is 31.5 Å². The molecule has 31 heavy (non-hydrogen) atoms. The number of esters is 2. The average Bonchev–Trinajstić information content (AvgIpc) is 2.75. The Hall–Kier alpha value is -4.35. The Kier molecular flexibility index (Phi) is 7.72. The maximum atomic E-state index is 11.9. The molecule has 1 aromatic heterocycles. The highest BCUT2D eigenvalue weighted by atomic mass is 16.6. The van der Waals surface area contributed by atoms with Crippen LogP contribution in [-0.4, -0.2) is 48.6 Å². The monoisotopic (exact) mass is 429 g/mol. The van der Waals surface area contributed by atoms with Crippen LogP contribution in [-0.2, 0) is 20.8 Å². The maximum Gasteiger partial charge on any atom is 0.343 e. The molecule has 0 amide bonds. The van der Waals surface area contributed by atoms with E-state index in [0.717, 1.165) is 0 Å². The lowest BCUT2D eigenvalue weighted by atomic mass is 10.1. The van der Waals surface area contributed by atoms with Gasteiger partial charge < -0.3 is 36.3 Å². The molecule has 2 rings (SSSR count). The summed E-state index contributed by atoms with van der Waals surface area (Å²) in [5.74, 6) is -1.03. The van der Waals surface area contributed by atoms with Gasteiger partial charge in [-0.3, -0.25) is 5.41 Å². The molecule has 0 aliphatic heterocycles. The van der Waals surface area contributed by atoms with E-state index in [0.29, 0.717) is 11.4 Å². The van der Waals surface area contributed by atoms with Gasteiger partial charge in [0.1, 0.15) is 22.8 Å². The second kappa shape index (κ2) is 10.4. The van der Waals surface area contributed by atoms with Gasteiger partial charge in [-0.2, -0.15) is 0 Å². The number of carbonyl (C=O) groups is 2. The molecule has 0 saturated heterocycles. The van der Waals surface area contributed by atoms with Crippen LogP contribution < -0.4 is 26.8 Å². The number of benzene rings is 1. The summed E-state index contributed by atoms with van der Waals surface area (Å²) in [5.41, 5.74) is 12.4. The number of aromatic nitrogens is 2.